The van der Waals surface area contributed by atoms with Crippen molar-refractivity contribution >= 4 is 0 Å². The van der Waals surface area contributed by atoms with Crippen LogP contribution in [0.1, 0.15) is 6.92 Å². The first-order valence-electron chi connectivity index (χ1n) is 2.48. The summed E-state index contributed by atoms with van der Waals surface area (Å²) in [6, 6.07) is 0.0509. The predicted octanol–water partition coefficient (Wildman–Crippen LogP) is 0.219. The van der Waals surface area contributed by atoms with E-state index in [2.05, 4.69) is 0 Å². The van der Waals surface area contributed by atoms with Gasteiger partial charge < -0.3 is 4.90 Å². The molecular formula is C5H13N2. The second kappa shape index (κ2) is 2.99. The Bertz CT molecular complexity index is 35.3. The highest BCUT2D eigenvalue weighted by atomic mass is 15.1. The highest BCUT2D eigenvalue weighted by Crippen LogP contribution is 1.79. The first-order valence-corrected chi connectivity index (χ1v) is 2.48. The molecule has 2 nitrogen and oxygen atoms in total. The molecule has 0 saturated heterocycles. The first-order chi connectivity index (χ1) is 3.13. The third kappa shape index (κ3) is 5.92. The minimum Gasteiger partial charge on any atom is -0.308 e. The van der Waals surface area contributed by atoms with E-state index < -0.39 is 0 Å². The van der Waals surface area contributed by atoms with Crippen LogP contribution >= 0.6 is 0 Å². The largest absolute Gasteiger partial charge is 0.308 e. The topological polar surface area (TPSA) is 27.0 Å². The Morgan fingerprint density at radius 2 is 2.00 bits per heavy atom. The van der Waals surface area contributed by atoms with Gasteiger partial charge in [-0.15, -0.1) is 0 Å². The average Bonchev–Trinajstić information content (AvgIpc) is 1.27. The van der Waals surface area contributed by atoms with Gasteiger partial charge in [0.1, 0.15) is 0 Å². The maximum Gasteiger partial charge on any atom is 0.0311 e. The van der Waals surface area contributed by atoms with Crippen molar-refractivity contribution < 1.29 is 0 Å². The van der Waals surface area contributed by atoms with E-state index in [1.807, 2.05) is 25.9 Å². The quantitative estimate of drug-likeness (QED) is 0.489. The third-order valence-corrected chi connectivity index (χ3v) is 0.639. The Labute approximate surface area is 45.3 Å². The maximum absolute atomic E-state index is 7.07. The molecule has 0 aromatic heterocycles. The number of rotatable bonds is 2. The van der Waals surface area contributed by atoms with Crippen molar-refractivity contribution in [3.63, 3.8) is 0 Å². The maximum atomic E-state index is 7.07. The fourth-order valence-corrected chi connectivity index (χ4v) is 0.548. The highest BCUT2D eigenvalue weighted by molar-refractivity contribution is 4.53. The fraction of sp³-hybridized carbons (Fsp3) is 1.00. The number of nitrogens with zero attached hydrogens (tertiary/aromatic N) is 1. The van der Waals surface area contributed by atoms with E-state index in [1.165, 1.54) is 0 Å². The van der Waals surface area contributed by atoms with E-state index in [9.17, 15) is 0 Å². The summed E-state index contributed by atoms with van der Waals surface area (Å²) in [5.41, 5.74) is 7.07. The summed E-state index contributed by atoms with van der Waals surface area (Å²) in [5, 5.41) is 0. The number of likely N-dealkylation sites (N-methyl/N-ethyl adjacent to an activating group) is 1. The van der Waals surface area contributed by atoms with Crippen LogP contribution in [0.5, 0.6) is 0 Å². The van der Waals surface area contributed by atoms with Crippen molar-refractivity contribution in [2.75, 3.05) is 20.6 Å². The zero-order valence-electron chi connectivity index (χ0n) is 5.23. The van der Waals surface area contributed by atoms with Crippen LogP contribution in [0, 0.1) is 0 Å². The van der Waals surface area contributed by atoms with Crippen LogP contribution in [0.4, 0.5) is 0 Å². The zero-order chi connectivity index (χ0) is 5.86. The number of nitrogens with one attached hydrogen (secondary N) is 1. The normalized spacial score (nSPS) is 15.0. The lowest BCUT2D eigenvalue weighted by Gasteiger charge is -2.10. The molecule has 1 unspecified atom stereocenters. The molecule has 2 heteroatoms. The van der Waals surface area contributed by atoms with Crippen LogP contribution < -0.4 is 5.73 Å². The first kappa shape index (κ1) is 6.92. The summed E-state index contributed by atoms with van der Waals surface area (Å²) in [6.45, 7) is 2.75. The third-order valence-electron chi connectivity index (χ3n) is 0.639. The second-order valence-corrected chi connectivity index (χ2v) is 2.16. The molecule has 7 heavy (non-hydrogen) atoms. The molecule has 0 saturated carbocycles. The molecule has 1 N–H and O–H groups in total. The zero-order valence-corrected chi connectivity index (χ0v) is 5.23. The lowest BCUT2D eigenvalue weighted by molar-refractivity contribution is 0.379. The molecule has 1 radical (unpaired) electrons. The summed E-state index contributed by atoms with van der Waals surface area (Å²) < 4.78 is 0. The molecular weight excluding hydrogens is 88.1 g/mol. The van der Waals surface area contributed by atoms with Gasteiger partial charge in [-0.25, -0.2) is 0 Å². The van der Waals surface area contributed by atoms with Crippen molar-refractivity contribution in [3.8, 4) is 0 Å². The molecule has 0 aliphatic heterocycles. The Hall–Kier alpha value is -0.0800. The van der Waals surface area contributed by atoms with E-state index in [0.717, 1.165) is 6.54 Å². The van der Waals surface area contributed by atoms with E-state index in [0.29, 0.717) is 0 Å². The highest BCUT2D eigenvalue weighted by Gasteiger charge is 1.93. The van der Waals surface area contributed by atoms with Crippen molar-refractivity contribution in [1.29, 1.82) is 0 Å². The molecule has 1 atom stereocenters. The van der Waals surface area contributed by atoms with E-state index in [-0.39, 0.29) is 6.04 Å². The van der Waals surface area contributed by atoms with E-state index in [4.69, 9.17) is 5.73 Å². The van der Waals surface area contributed by atoms with Gasteiger partial charge in [0, 0.05) is 12.6 Å². The van der Waals surface area contributed by atoms with Crippen molar-refractivity contribution in [1.82, 2.24) is 10.6 Å². The SMILES string of the molecule is CC([NH])CN(C)C. The molecule has 0 bridgehead atoms. The smallest absolute Gasteiger partial charge is 0.0311 e. The lowest BCUT2D eigenvalue weighted by atomic mass is 10.3. The van der Waals surface area contributed by atoms with Gasteiger partial charge in [0.2, 0.25) is 0 Å². The minimum atomic E-state index is 0.0509. The van der Waals surface area contributed by atoms with Crippen LogP contribution in [-0.2, 0) is 0 Å². The van der Waals surface area contributed by atoms with Gasteiger partial charge in [-0.2, -0.15) is 0 Å². The molecule has 0 aromatic rings. The van der Waals surface area contributed by atoms with Gasteiger partial charge in [-0.3, -0.25) is 5.73 Å². The Morgan fingerprint density at radius 3 is 2.00 bits per heavy atom. The van der Waals surface area contributed by atoms with Gasteiger partial charge in [-0.1, -0.05) is 0 Å². The molecule has 0 amide bonds. The molecule has 0 spiro atoms. The van der Waals surface area contributed by atoms with Crippen LogP contribution in [0.15, 0.2) is 0 Å². The molecule has 43 valence electrons. The van der Waals surface area contributed by atoms with Gasteiger partial charge >= 0.3 is 0 Å². The van der Waals surface area contributed by atoms with Crippen LogP contribution in [-0.4, -0.2) is 31.6 Å². The second-order valence-electron chi connectivity index (χ2n) is 2.16. The molecule has 0 aliphatic carbocycles. The minimum absolute atomic E-state index is 0.0509. The average molecular weight is 101 g/mol. The van der Waals surface area contributed by atoms with Crippen LogP contribution in [0.2, 0.25) is 0 Å². The molecule has 0 fully saturated rings. The fourth-order valence-electron chi connectivity index (χ4n) is 0.548. The van der Waals surface area contributed by atoms with Gasteiger partial charge in [0.05, 0.1) is 0 Å². The van der Waals surface area contributed by atoms with E-state index in [1.54, 1.807) is 0 Å². The van der Waals surface area contributed by atoms with Crippen molar-refractivity contribution in [2.24, 2.45) is 0 Å². The monoisotopic (exact) mass is 101 g/mol. The van der Waals surface area contributed by atoms with Crippen molar-refractivity contribution in [3.05, 3.63) is 0 Å². The Balaban J connectivity index is 2.95. The number of hydrogen-bond donors (Lipinski definition) is 0. The lowest BCUT2D eigenvalue weighted by Crippen LogP contribution is -2.23. The standard InChI is InChI=1S/C5H13N2/c1-5(6)4-7(2)3/h5-6H,4H2,1-3H3. The summed E-state index contributed by atoms with van der Waals surface area (Å²) >= 11 is 0. The molecule has 0 aliphatic rings. The Morgan fingerprint density at radius 1 is 1.57 bits per heavy atom. The van der Waals surface area contributed by atoms with Crippen LogP contribution in [0.3, 0.4) is 0 Å². The number of hydrogen-bond acceptors (Lipinski definition) is 1. The summed E-state index contributed by atoms with van der Waals surface area (Å²) in [5.74, 6) is 0. The van der Waals surface area contributed by atoms with E-state index >= 15 is 0 Å². The Kier molecular flexibility index (Phi) is 2.96. The molecule has 0 aromatic carbocycles. The predicted molar refractivity (Wildman–Crippen MR) is 31.1 cm³/mol. The molecule has 0 rings (SSSR count). The summed E-state index contributed by atoms with van der Waals surface area (Å²) in [4.78, 5) is 2.01. The summed E-state index contributed by atoms with van der Waals surface area (Å²) in [6.07, 6.45) is 0. The van der Waals surface area contributed by atoms with Crippen LogP contribution in [0.25, 0.3) is 0 Å². The molecule has 0 heterocycles. The van der Waals surface area contributed by atoms with Gasteiger partial charge in [-0.05, 0) is 21.0 Å². The van der Waals surface area contributed by atoms with Crippen molar-refractivity contribution in [2.45, 2.75) is 13.0 Å². The summed E-state index contributed by atoms with van der Waals surface area (Å²) in [7, 11) is 3.95. The van der Waals surface area contributed by atoms with Gasteiger partial charge in [0.25, 0.3) is 0 Å². The van der Waals surface area contributed by atoms with Gasteiger partial charge in [0.15, 0.2) is 0 Å².